The maximum absolute atomic E-state index is 12.6. The predicted octanol–water partition coefficient (Wildman–Crippen LogP) is 5.48. The van der Waals surface area contributed by atoms with Crippen molar-refractivity contribution in [2.24, 2.45) is 0 Å². The molecule has 3 aromatic carbocycles. The van der Waals surface area contributed by atoms with Gasteiger partial charge in [0, 0.05) is 25.1 Å². The highest BCUT2D eigenvalue weighted by atomic mass is 16.5. The summed E-state index contributed by atoms with van der Waals surface area (Å²) >= 11 is 0. The van der Waals surface area contributed by atoms with E-state index in [1.54, 1.807) is 0 Å². The number of nitrogens with one attached hydrogen (secondary N) is 1. The molecule has 1 amide bonds. The molecule has 170 valence electrons. The van der Waals surface area contributed by atoms with E-state index in [2.05, 4.69) is 16.0 Å². The molecule has 0 spiro atoms. The molecule has 0 saturated heterocycles. The third-order valence-corrected chi connectivity index (χ3v) is 5.78. The lowest BCUT2D eigenvalue weighted by atomic mass is 10.1. The van der Waals surface area contributed by atoms with Crippen LogP contribution in [-0.2, 0) is 13.0 Å². The molecule has 0 aliphatic rings. The smallest absolute Gasteiger partial charge is 0.251 e. The number of hydrogen-bond acceptors (Lipinski definition) is 3. The summed E-state index contributed by atoms with van der Waals surface area (Å²) in [6.07, 6.45) is 2.64. The fourth-order valence-corrected chi connectivity index (χ4v) is 4.10. The van der Waals surface area contributed by atoms with E-state index >= 15 is 0 Å². The van der Waals surface area contributed by atoms with Crippen LogP contribution in [0.3, 0.4) is 0 Å². The van der Waals surface area contributed by atoms with E-state index in [1.807, 2.05) is 80.6 Å². The number of rotatable bonds is 10. The second-order valence-corrected chi connectivity index (χ2v) is 8.36. The quantitative estimate of drug-likeness (QED) is 0.331. The summed E-state index contributed by atoms with van der Waals surface area (Å²) in [5.74, 6) is 1.88. The highest BCUT2D eigenvalue weighted by Gasteiger charge is 2.12. The van der Waals surface area contributed by atoms with Crippen molar-refractivity contribution < 1.29 is 9.53 Å². The summed E-state index contributed by atoms with van der Waals surface area (Å²) in [7, 11) is 0. The minimum Gasteiger partial charge on any atom is -0.494 e. The maximum atomic E-state index is 12.6. The van der Waals surface area contributed by atoms with Gasteiger partial charge < -0.3 is 14.6 Å². The molecule has 4 rings (SSSR count). The Morgan fingerprint density at radius 1 is 0.970 bits per heavy atom. The van der Waals surface area contributed by atoms with Gasteiger partial charge in [-0.15, -0.1) is 0 Å². The number of aryl methyl sites for hydroxylation is 3. The summed E-state index contributed by atoms with van der Waals surface area (Å²) < 4.78 is 8.10. The van der Waals surface area contributed by atoms with E-state index in [9.17, 15) is 4.79 Å². The zero-order chi connectivity index (χ0) is 23.0. The molecule has 0 aliphatic heterocycles. The van der Waals surface area contributed by atoms with Crippen molar-refractivity contribution >= 4 is 16.9 Å². The fourth-order valence-electron chi connectivity index (χ4n) is 4.10. The van der Waals surface area contributed by atoms with Gasteiger partial charge in [-0.2, -0.15) is 0 Å². The highest BCUT2D eigenvalue weighted by Crippen LogP contribution is 2.18. The molecular formula is C28H31N3O2. The molecule has 5 nitrogen and oxygen atoms in total. The van der Waals surface area contributed by atoms with Gasteiger partial charge in [-0.1, -0.05) is 48.0 Å². The van der Waals surface area contributed by atoms with Crippen LogP contribution >= 0.6 is 0 Å². The van der Waals surface area contributed by atoms with E-state index < -0.39 is 0 Å². The minimum atomic E-state index is -0.0341. The van der Waals surface area contributed by atoms with Gasteiger partial charge in [0.05, 0.1) is 17.6 Å². The number of carbonyl (C=O) groups excluding carboxylic acids is 1. The Morgan fingerprint density at radius 2 is 1.76 bits per heavy atom. The van der Waals surface area contributed by atoms with Gasteiger partial charge in [0.2, 0.25) is 0 Å². The number of amides is 1. The van der Waals surface area contributed by atoms with Gasteiger partial charge in [0.25, 0.3) is 5.91 Å². The summed E-state index contributed by atoms with van der Waals surface area (Å²) in [5, 5.41) is 3.06. The van der Waals surface area contributed by atoms with Gasteiger partial charge in [0.1, 0.15) is 11.6 Å². The average molecular weight is 442 g/mol. The predicted molar refractivity (Wildman–Crippen MR) is 133 cm³/mol. The lowest BCUT2D eigenvalue weighted by molar-refractivity contribution is 0.0953. The topological polar surface area (TPSA) is 56.2 Å². The second kappa shape index (κ2) is 10.8. The summed E-state index contributed by atoms with van der Waals surface area (Å²) in [6.45, 7) is 6.12. The van der Waals surface area contributed by atoms with Gasteiger partial charge in [-0.25, -0.2) is 4.98 Å². The molecule has 0 radical (unpaired) electrons. The number of nitrogens with zero attached hydrogens (tertiary/aromatic N) is 2. The van der Waals surface area contributed by atoms with Crippen molar-refractivity contribution in [3.05, 3.63) is 95.3 Å². The SMILES string of the molecule is Cc1ccc(C(=O)NCCc2nc3ccccc3n2CCCCOc2ccccc2)c(C)c1. The monoisotopic (exact) mass is 441 g/mol. The van der Waals surface area contributed by atoms with E-state index in [0.717, 1.165) is 58.7 Å². The average Bonchev–Trinajstić information content (AvgIpc) is 3.17. The number of imidazole rings is 1. The summed E-state index contributed by atoms with van der Waals surface area (Å²) in [4.78, 5) is 17.5. The standard InChI is InChI=1S/C28H31N3O2/c1-21-14-15-24(22(2)20-21)28(32)29-17-16-27-30-25-12-6-7-13-26(25)31(27)18-8-9-19-33-23-10-4-3-5-11-23/h3-7,10-15,20H,8-9,16-19H2,1-2H3,(H,29,32). The number of ether oxygens (including phenoxy) is 1. The first kappa shape index (κ1) is 22.6. The van der Waals surface area contributed by atoms with Gasteiger partial charge in [-0.3, -0.25) is 4.79 Å². The molecule has 1 aromatic heterocycles. The van der Waals surface area contributed by atoms with Crippen molar-refractivity contribution in [2.75, 3.05) is 13.2 Å². The Morgan fingerprint density at radius 3 is 2.58 bits per heavy atom. The van der Waals surface area contributed by atoms with Crippen molar-refractivity contribution in [1.29, 1.82) is 0 Å². The number of para-hydroxylation sites is 3. The lowest BCUT2D eigenvalue weighted by Crippen LogP contribution is -2.27. The van der Waals surface area contributed by atoms with Crippen LogP contribution in [0.25, 0.3) is 11.0 Å². The molecule has 0 fully saturated rings. The molecule has 5 heteroatoms. The Hall–Kier alpha value is -3.60. The van der Waals surface area contributed by atoms with E-state index in [4.69, 9.17) is 9.72 Å². The summed E-state index contributed by atoms with van der Waals surface area (Å²) in [5.41, 5.74) is 5.02. The van der Waals surface area contributed by atoms with Gasteiger partial charge >= 0.3 is 0 Å². The van der Waals surface area contributed by atoms with Crippen molar-refractivity contribution in [3.63, 3.8) is 0 Å². The third kappa shape index (κ3) is 5.80. The first-order valence-corrected chi connectivity index (χ1v) is 11.6. The van der Waals surface area contributed by atoms with Crippen LogP contribution < -0.4 is 10.1 Å². The largest absolute Gasteiger partial charge is 0.494 e. The van der Waals surface area contributed by atoms with Crippen LogP contribution in [0.2, 0.25) is 0 Å². The molecule has 1 heterocycles. The maximum Gasteiger partial charge on any atom is 0.251 e. The Bertz CT molecular complexity index is 1210. The Labute approximate surface area is 195 Å². The highest BCUT2D eigenvalue weighted by molar-refractivity contribution is 5.95. The molecule has 4 aromatic rings. The van der Waals surface area contributed by atoms with Crippen molar-refractivity contribution in [2.45, 2.75) is 39.7 Å². The van der Waals surface area contributed by atoms with Crippen LogP contribution in [0.5, 0.6) is 5.75 Å². The molecule has 33 heavy (non-hydrogen) atoms. The van der Waals surface area contributed by atoms with E-state index in [1.165, 1.54) is 0 Å². The number of unbranched alkanes of at least 4 members (excludes halogenated alkanes) is 1. The molecule has 0 unspecified atom stereocenters. The van der Waals surface area contributed by atoms with Crippen LogP contribution in [0.1, 0.15) is 40.2 Å². The second-order valence-electron chi connectivity index (χ2n) is 8.36. The van der Waals surface area contributed by atoms with E-state index in [-0.39, 0.29) is 5.91 Å². The van der Waals surface area contributed by atoms with Crippen LogP contribution in [-0.4, -0.2) is 28.6 Å². The molecule has 0 atom stereocenters. The van der Waals surface area contributed by atoms with Gasteiger partial charge in [0.15, 0.2) is 0 Å². The van der Waals surface area contributed by atoms with Crippen LogP contribution in [0.4, 0.5) is 0 Å². The lowest BCUT2D eigenvalue weighted by Gasteiger charge is -2.11. The van der Waals surface area contributed by atoms with Crippen molar-refractivity contribution in [1.82, 2.24) is 14.9 Å². The fraction of sp³-hybridized carbons (Fsp3) is 0.286. The van der Waals surface area contributed by atoms with Crippen molar-refractivity contribution in [3.8, 4) is 5.75 Å². The first-order chi connectivity index (χ1) is 16.1. The number of benzene rings is 3. The molecule has 1 N–H and O–H groups in total. The first-order valence-electron chi connectivity index (χ1n) is 11.6. The van der Waals surface area contributed by atoms with Crippen LogP contribution in [0.15, 0.2) is 72.8 Å². The van der Waals surface area contributed by atoms with Crippen LogP contribution in [0, 0.1) is 13.8 Å². The Kier molecular flexibility index (Phi) is 7.40. The minimum absolute atomic E-state index is 0.0341. The normalized spacial score (nSPS) is 11.0. The molecule has 0 bridgehead atoms. The molecular weight excluding hydrogens is 410 g/mol. The zero-order valence-electron chi connectivity index (χ0n) is 19.4. The van der Waals surface area contributed by atoms with E-state index in [0.29, 0.717) is 19.6 Å². The number of aromatic nitrogens is 2. The number of hydrogen-bond donors (Lipinski definition) is 1. The Balaban J connectivity index is 1.35. The van der Waals surface area contributed by atoms with Gasteiger partial charge in [-0.05, 0) is 62.6 Å². The molecule has 0 aliphatic carbocycles. The molecule has 0 saturated carbocycles. The summed E-state index contributed by atoms with van der Waals surface area (Å²) in [6, 6.07) is 24.0. The number of carbonyl (C=O) groups is 1. The third-order valence-electron chi connectivity index (χ3n) is 5.78. The zero-order valence-corrected chi connectivity index (χ0v) is 19.4. The number of fused-ring (bicyclic) bond motifs is 1.